The number of carbonyl (C=O) groups is 1. The summed E-state index contributed by atoms with van der Waals surface area (Å²) < 4.78 is 15.0. The molecule has 3 aromatic heterocycles. The van der Waals surface area contributed by atoms with Gasteiger partial charge in [-0.1, -0.05) is 44.7 Å². The van der Waals surface area contributed by atoms with Crippen molar-refractivity contribution in [3.63, 3.8) is 0 Å². The molecule has 5 rings (SSSR count). The van der Waals surface area contributed by atoms with Crippen LogP contribution >= 0.6 is 11.8 Å². The molecule has 0 spiro atoms. The molecule has 5 aromatic rings. The van der Waals surface area contributed by atoms with Gasteiger partial charge in [-0.05, 0) is 48.0 Å². The summed E-state index contributed by atoms with van der Waals surface area (Å²) in [6.45, 7) is 6.36. The molecule has 2 aromatic carbocycles. The number of halogens is 1. The van der Waals surface area contributed by atoms with Gasteiger partial charge in [0.05, 0.1) is 11.4 Å². The maximum Gasteiger partial charge on any atom is 0.255 e. The average Bonchev–Trinajstić information content (AvgIpc) is 3.55. The van der Waals surface area contributed by atoms with Crippen molar-refractivity contribution in [2.24, 2.45) is 0 Å². The van der Waals surface area contributed by atoms with Crippen molar-refractivity contribution in [1.82, 2.24) is 24.8 Å². The van der Waals surface area contributed by atoms with Gasteiger partial charge in [0, 0.05) is 34.7 Å². The van der Waals surface area contributed by atoms with E-state index >= 15 is 0 Å². The molecule has 0 fully saturated rings. The second kappa shape index (κ2) is 10.2. The highest BCUT2D eigenvalue weighted by molar-refractivity contribution is 7.98. The molecule has 0 aliphatic heterocycles. The van der Waals surface area contributed by atoms with Crippen molar-refractivity contribution >= 4 is 46.2 Å². The quantitative estimate of drug-likeness (QED) is 0.156. The molecule has 0 unspecified atom stereocenters. The number of H-pyrrole nitrogens is 1. The van der Waals surface area contributed by atoms with E-state index in [0.29, 0.717) is 33.8 Å². The van der Waals surface area contributed by atoms with Gasteiger partial charge in [-0.3, -0.25) is 9.89 Å². The zero-order valence-corrected chi connectivity index (χ0v) is 21.9. The van der Waals surface area contributed by atoms with Crippen molar-refractivity contribution in [2.75, 3.05) is 16.4 Å². The van der Waals surface area contributed by atoms with E-state index in [9.17, 15) is 9.18 Å². The number of nitrogens with zero attached hydrogens (tertiary/aromatic N) is 4. The van der Waals surface area contributed by atoms with Gasteiger partial charge in [0.25, 0.3) is 5.91 Å². The number of fused-ring (bicyclic) bond motifs is 1. The van der Waals surface area contributed by atoms with Crippen molar-refractivity contribution in [3.8, 4) is 0 Å². The first-order valence-corrected chi connectivity index (χ1v) is 12.9. The molecule has 0 saturated heterocycles. The van der Waals surface area contributed by atoms with Gasteiger partial charge in [0.1, 0.15) is 11.3 Å². The lowest BCUT2D eigenvalue weighted by Crippen LogP contribution is -2.13. The third kappa shape index (κ3) is 5.62. The predicted molar refractivity (Wildman–Crippen MR) is 148 cm³/mol. The Kier molecular flexibility index (Phi) is 6.77. The Morgan fingerprint density at radius 3 is 2.63 bits per heavy atom. The van der Waals surface area contributed by atoms with Crippen LogP contribution in [0.25, 0.3) is 5.52 Å². The van der Waals surface area contributed by atoms with E-state index in [1.165, 1.54) is 30.0 Å². The number of nitrogens with two attached hydrogens (primary N) is 1. The first-order valence-electron chi connectivity index (χ1n) is 11.9. The Morgan fingerprint density at radius 1 is 1.13 bits per heavy atom. The standard InChI is InChI=1S/C27H27FN8OS/c1-27(2,3)22-14-23(34-33-22)31-24-21-5-4-12-36(21)35-26(32-24)38-15-16-6-8-17(9-7-16)25(37)30-20-11-10-18(28)13-19(20)29/h4-14H,15,29H2,1-3H3,(H,30,37)(H2,31,32,33,34,35). The predicted octanol–water partition coefficient (Wildman–Crippen LogP) is 5.76. The SMILES string of the molecule is CC(C)(C)c1cc(Nc2nc(SCc3ccc(C(=O)Nc4ccc(F)cc4N)cc3)nn3cccc23)n[nH]1. The lowest BCUT2D eigenvalue weighted by atomic mass is 9.92. The Morgan fingerprint density at radius 2 is 1.92 bits per heavy atom. The van der Waals surface area contributed by atoms with Crippen LogP contribution in [0.15, 0.2) is 72.0 Å². The maximum absolute atomic E-state index is 13.3. The van der Waals surface area contributed by atoms with E-state index in [4.69, 9.17) is 10.7 Å². The number of anilines is 4. The van der Waals surface area contributed by atoms with Crippen molar-refractivity contribution in [3.05, 3.63) is 89.5 Å². The summed E-state index contributed by atoms with van der Waals surface area (Å²) in [7, 11) is 0. The van der Waals surface area contributed by atoms with Crippen molar-refractivity contribution in [2.45, 2.75) is 37.1 Å². The topological polar surface area (TPSA) is 126 Å². The molecule has 0 saturated carbocycles. The summed E-state index contributed by atoms with van der Waals surface area (Å²) >= 11 is 1.48. The highest BCUT2D eigenvalue weighted by Gasteiger charge is 2.18. The second-order valence-electron chi connectivity index (χ2n) is 9.79. The van der Waals surface area contributed by atoms with Crippen LogP contribution in [0.5, 0.6) is 0 Å². The Balaban J connectivity index is 1.26. The number of nitrogen functional groups attached to an aromatic ring is 1. The van der Waals surface area contributed by atoms with E-state index in [1.54, 1.807) is 16.6 Å². The van der Waals surface area contributed by atoms with E-state index in [0.717, 1.165) is 16.8 Å². The molecule has 5 N–H and O–H groups in total. The Hall–Kier alpha value is -4.38. The van der Waals surface area contributed by atoms with Gasteiger partial charge in [0.2, 0.25) is 5.16 Å². The van der Waals surface area contributed by atoms with Crippen LogP contribution in [0.3, 0.4) is 0 Å². The van der Waals surface area contributed by atoms with Crippen molar-refractivity contribution in [1.29, 1.82) is 0 Å². The van der Waals surface area contributed by atoms with Gasteiger partial charge < -0.3 is 16.4 Å². The van der Waals surface area contributed by atoms with Gasteiger partial charge in [-0.25, -0.2) is 13.9 Å². The van der Waals surface area contributed by atoms with Crippen LogP contribution in [-0.2, 0) is 11.2 Å². The summed E-state index contributed by atoms with van der Waals surface area (Å²) in [4.78, 5) is 17.3. The summed E-state index contributed by atoms with van der Waals surface area (Å²) in [5, 5.41) is 18.7. The van der Waals surface area contributed by atoms with Crippen LogP contribution in [0, 0.1) is 5.82 Å². The molecule has 194 valence electrons. The largest absolute Gasteiger partial charge is 0.397 e. The number of hydrogen-bond donors (Lipinski definition) is 4. The van der Waals surface area contributed by atoms with E-state index < -0.39 is 5.82 Å². The lowest BCUT2D eigenvalue weighted by molar-refractivity contribution is 0.102. The normalized spacial score (nSPS) is 11.6. The fourth-order valence-corrected chi connectivity index (χ4v) is 4.49. The van der Waals surface area contributed by atoms with E-state index in [1.807, 2.05) is 36.5 Å². The fraction of sp³-hybridized carbons (Fsp3) is 0.185. The van der Waals surface area contributed by atoms with Crippen LogP contribution in [-0.4, -0.2) is 30.7 Å². The second-order valence-corrected chi connectivity index (χ2v) is 10.7. The first-order chi connectivity index (χ1) is 18.2. The van der Waals surface area contributed by atoms with E-state index in [-0.39, 0.29) is 17.0 Å². The number of thioether (sulfide) groups is 1. The van der Waals surface area contributed by atoms with Gasteiger partial charge in [-0.2, -0.15) is 5.10 Å². The highest BCUT2D eigenvalue weighted by atomic mass is 32.2. The smallest absolute Gasteiger partial charge is 0.255 e. The number of carbonyl (C=O) groups excluding carboxylic acids is 1. The molecule has 1 amide bonds. The highest BCUT2D eigenvalue weighted by Crippen LogP contribution is 2.27. The van der Waals surface area contributed by atoms with Gasteiger partial charge in [-0.15, -0.1) is 5.10 Å². The van der Waals surface area contributed by atoms with Crippen LogP contribution in [0.2, 0.25) is 0 Å². The third-order valence-electron chi connectivity index (χ3n) is 5.85. The molecule has 9 nitrogen and oxygen atoms in total. The summed E-state index contributed by atoms with van der Waals surface area (Å²) in [6.07, 6.45) is 1.87. The van der Waals surface area contributed by atoms with Crippen LogP contribution in [0.1, 0.15) is 42.4 Å². The number of rotatable bonds is 7. The third-order valence-corrected chi connectivity index (χ3v) is 6.76. The molecule has 0 atom stereocenters. The molecule has 38 heavy (non-hydrogen) atoms. The molecule has 0 radical (unpaired) electrons. The lowest BCUT2D eigenvalue weighted by Gasteiger charge is -2.14. The van der Waals surface area contributed by atoms with Crippen molar-refractivity contribution < 1.29 is 9.18 Å². The van der Waals surface area contributed by atoms with Crippen LogP contribution in [0.4, 0.5) is 27.4 Å². The van der Waals surface area contributed by atoms with Gasteiger partial charge in [0.15, 0.2) is 11.6 Å². The number of aromatic nitrogens is 5. The number of amides is 1. The monoisotopic (exact) mass is 530 g/mol. The number of aromatic amines is 1. The number of hydrogen-bond acceptors (Lipinski definition) is 7. The summed E-state index contributed by atoms with van der Waals surface area (Å²) in [5.41, 5.74) is 9.60. The summed E-state index contributed by atoms with van der Waals surface area (Å²) in [6, 6.07) is 16.9. The zero-order valence-electron chi connectivity index (χ0n) is 21.1. The molecular formula is C27H27FN8OS. The van der Waals surface area contributed by atoms with Crippen LogP contribution < -0.4 is 16.4 Å². The summed E-state index contributed by atoms with van der Waals surface area (Å²) in [5.74, 6) is 1.17. The molecule has 0 aliphatic carbocycles. The van der Waals surface area contributed by atoms with E-state index in [2.05, 4.69) is 46.7 Å². The average molecular weight is 531 g/mol. The Bertz CT molecular complexity index is 1600. The molecular weight excluding hydrogens is 503 g/mol. The molecule has 0 aliphatic rings. The molecule has 11 heteroatoms. The number of nitrogens with one attached hydrogen (secondary N) is 3. The molecule has 0 bridgehead atoms. The minimum absolute atomic E-state index is 0.0471. The first kappa shape index (κ1) is 25.3. The molecule has 3 heterocycles. The minimum atomic E-state index is -0.457. The fourth-order valence-electron chi connectivity index (χ4n) is 3.70. The number of benzene rings is 2. The zero-order chi connectivity index (χ0) is 26.9. The minimum Gasteiger partial charge on any atom is -0.397 e. The maximum atomic E-state index is 13.3. The Labute approximate surface area is 223 Å². The van der Waals surface area contributed by atoms with Gasteiger partial charge >= 0.3 is 0 Å².